The third kappa shape index (κ3) is 3.40. The monoisotopic (exact) mass is 309 g/mol. The Labute approximate surface area is 122 Å². The summed E-state index contributed by atoms with van der Waals surface area (Å²) in [6, 6.07) is 0. The molecular formula is C11H15N7O2S. The van der Waals surface area contributed by atoms with E-state index in [1.165, 1.54) is 0 Å². The molecule has 2 aromatic rings. The number of aryl methyl sites for hydroxylation is 2. The molecule has 2 rings (SSSR count). The molecule has 0 radical (unpaired) electrons. The van der Waals surface area contributed by atoms with E-state index in [1.54, 1.807) is 0 Å². The Morgan fingerprint density at radius 1 is 1.10 bits per heavy atom. The van der Waals surface area contributed by atoms with Crippen molar-refractivity contribution in [2.45, 2.75) is 31.6 Å². The second-order valence-electron chi connectivity index (χ2n) is 4.12. The molecular weight excluding hydrogens is 294 g/mol. The minimum absolute atomic E-state index is 0.00700. The van der Waals surface area contributed by atoms with E-state index >= 15 is 0 Å². The fourth-order valence-electron chi connectivity index (χ4n) is 1.63. The zero-order chi connectivity index (χ0) is 15.5. The highest BCUT2D eigenvalue weighted by Gasteiger charge is 2.18. The van der Waals surface area contributed by atoms with E-state index < -0.39 is 10.0 Å². The molecule has 21 heavy (non-hydrogen) atoms. The lowest BCUT2D eigenvalue weighted by Crippen LogP contribution is -2.17. The summed E-state index contributed by atoms with van der Waals surface area (Å²) in [6.45, 7) is 3.84. The third-order valence-electron chi connectivity index (χ3n) is 2.69. The fraction of sp³-hybridized carbons (Fsp3) is 0.364. The van der Waals surface area contributed by atoms with E-state index in [0.717, 1.165) is 18.1 Å². The van der Waals surface area contributed by atoms with E-state index in [2.05, 4.69) is 29.9 Å². The molecule has 0 atom stereocenters. The lowest BCUT2D eigenvalue weighted by molar-refractivity contribution is 0.599. The van der Waals surface area contributed by atoms with Gasteiger partial charge in [-0.1, -0.05) is 13.8 Å². The minimum Gasteiger partial charge on any atom is -0.368 e. The average Bonchev–Trinajstić information content (AvgIpc) is 2.47. The van der Waals surface area contributed by atoms with Crippen molar-refractivity contribution in [3.63, 3.8) is 0 Å². The molecule has 0 aliphatic carbocycles. The van der Waals surface area contributed by atoms with Gasteiger partial charge in [-0.25, -0.2) is 28.1 Å². The Balaban J connectivity index is 2.30. The standard InChI is InChI=1S/C11H15N7O2S/c1-3-8-9(4-2)16-17-11(15-8)18-21(19,20)7-5-13-10(12)14-6-7/h5-6H,3-4H2,1-2H3,(H2,12,13,14)(H,15,17,18). The van der Waals surface area contributed by atoms with Crippen LogP contribution in [0.15, 0.2) is 17.3 Å². The van der Waals surface area contributed by atoms with Gasteiger partial charge in [0.1, 0.15) is 4.90 Å². The van der Waals surface area contributed by atoms with Crippen molar-refractivity contribution in [3.8, 4) is 0 Å². The van der Waals surface area contributed by atoms with Crippen LogP contribution in [0, 0.1) is 0 Å². The van der Waals surface area contributed by atoms with Gasteiger partial charge in [-0.3, -0.25) is 0 Å². The summed E-state index contributed by atoms with van der Waals surface area (Å²) in [6.07, 6.45) is 3.54. The number of hydrogen-bond acceptors (Lipinski definition) is 8. The zero-order valence-corrected chi connectivity index (χ0v) is 12.4. The van der Waals surface area contributed by atoms with E-state index in [9.17, 15) is 8.42 Å². The van der Waals surface area contributed by atoms with Crippen molar-refractivity contribution in [2.24, 2.45) is 0 Å². The molecule has 2 heterocycles. The van der Waals surface area contributed by atoms with Gasteiger partial charge in [-0.2, -0.15) is 0 Å². The summed E-state index contributed by atoms with van der Waals surface area (Å²) in [4.78, 5) is 11.3. The first-order valence-electron chi connectivity index (χ1n) is 6.29. The average molecular weight is 309 g/mol. The van der Waals surface area contributed by atoms with Crippen LogP contribution >= 0.6 is 0 Å². The van der Waals surface area contributed by atoms with Gasteiger partial charge in [0.05, 0.1) is 23.8 Å². The molecule has 0 saturated heterocycles. The highest BCUT2D eigenvalue weighted by atomic mass is 32.2. The summed E-state index contributed by atoms with van der Waals surface area (Å²) < 4.78 is 26.5. The van der Waals surface area contributed by atoms with Gasteiger partial charge in [-0.15, -0.1) is 10.2 Å². The van der Waals surface area contributed by atoms with Crippen molar-refractivity contribution in [3.05, 3.63) is 23.8 Å². The Kier molecular flexibility index (Phi) is 4.26. The molecule has 0 fully saturated rings. The molecule has 112 valence electrons. The van der Waals surface area contributed by atoms with Crippen LogP contribution in [0.1, 0.15) is 25.2 Å². The minimum atomic E-state index is -3.87. The van der Waals surface area contributed by atoms with E-state index in [0.29, 0.717) is 18.5 Å². The highest BCUT2D eigenvalue weighted by molar-refractivity contribution is 7.92. The third-order valence-corrected chi connectivity index (χ3v) is 3.98. The molecule has 9 nitrogen and oxygen atoms in total. The Morgan fingerprint density at radius 2 is 1.71 bits per heavy atom. The van der Waals surface area contributed by atoms with E-state index in [4.69, 9.17) is 5.73 Å². The number of nitrogen functional groups attached to an aromatic ring is 1. The highest BCUT2D eigenvalue weighted by Crippen LogP contribution is 2.12. The zero-order valence-electron chi connectivity index (χ0n) is 11.6. The number of rotatable bonds is 5. The number of anilines is 2. The predicted octanol–water partition coefficient (Wildman–Crippen LogP) is 0.169. The van der Waals surface area contributed by atoms with Crippen LogP contribution in [0.25, 0.3) is 0 Å². The number of hydrogen-bond donors (Lipinski definition) is 2. The topological polar surface area (TPSA) is 137 Å². The van der Waals surface area contributed by atoms with Crippen LogP contribution in [0.3, 0.4) is 0 Å². The molecule has 0 aliphatic rings. The van der Waals surface area contributed by atoms with Gasteiger partial charge in [0.25, 0.3) is 16.0 Å². The Morgan fingerprint density at radius 3 is 2.29 bits per heavy atom. The van der Waals surface area contributed by atoms with Crippen LogP contribution < -0.4 is 10.5 Å². The fourth-order valence-corrected chi connectivity index (χ4v) is 2.45. The van der Waals surface area contributed by atoms with E-state index in [-0.39, 0.29) is 16.8 Å². The van der Waals surface area contributed by atoms with Crippen molar-refractivity contribution in [1.29, 1.82) is 0 Å². The number of nitrogens with one attached hydrogen (secondary N) is 1. The van der Waals surface area contributed by atoms with Crippen LogP contribution in [0.5, 0.6) is 0 Å². The largest absolute Gasteiger partial charge is 0.368 e. The van der Waals surface area contributed by atoms with Crippen LogP contribution in [0.4, 0.5) is 11.9 Å². The summed E-state index contributed by atoms with van der Waals surface area (Å²) in [5, 5.41) is 7.74. The molecule has 0 saturated carbocycles. The first kappa shape index (κ1) is 15.0. The quantitative estimate of drug-likeness (QED) is 0.797. The van der Waals surface area contributed by atoms with Crippen molar-refractivity contribution < 1.29 is 8.42 Å². The predicted molar refractivity (Wildman–Crippen MR) is 75.8 cm³/mol. The van der Waals surface area contributed by atoms with Crippen molar-refractivity contribution in [1.82, 2.24) is 25.1 Å². The first-order valence-corrected chi connectivity index (χ1v) is 7.77. The summed E-state index contributed by atoms with van der Waals surface area (Å²) in [7, 11) is -3.87. The van der Waals surface area contributed by atoms with Gasteiger partial charge in [0.2, 0.25) is 5.95 Å². The first-order chi connectivity index (χ1) is 9.96. The Hall–Kier alpha value is -2.36. The SMILES string of the molecule is CCc1nnc(NS(=O)(=O)c2cnc(N)nc2)nc1CC. The van der Waals surface area contributed by atoms with Crippen molar-refractivity contribution in [2.75, 3.05) is 10.5 Å². The second-order valence-corrected chi connectivity index (χ2v) is 5.80. The maximum atomic E-state index is 12.1. The molecule has 0 aliphatic heterocycles. The number of nitrogens with zero attached hydrogens (tertiary/aromatic N) is 5. The molecule has 2 aromatic heterocycles. The second kappa shape index (κ2) is 5.95. The van der Waals surface area contributed by atoms with Gasteiger partial charge in [-0.05, 0) is 12.8 Å². The molecule has 3 N–H and O–H groups in total. The van der Waals surface area contributed by atoms with E-state index in [1.807, 2.05) is 13.8 Å². The van der Waals surface area contributed by atoms with Gasteiger partial charge >= 0.3 is 0 Å². The molecule has 0 unspecified atom stereocenters. The van der Waals surface area contributed by atoms with Crippen molar-refractivity contribution >= 4 is 21.9 Å². The molecule has 0 bridgehead atoms. The van der Waals surface area contributed by atoms with Crippen LogP contribution in [0.2, 0.25) is 0 Å². The number of nitrogens with two attached hydrogens (primary N) is 1. The summed E-state index contributed by atoms with van der Waals surface area (Å²) in [5.74, 6) is -0.0895. The maximum Gasteiger partial charge on any atom is 0.267 e. The van der Waals surface area contributed by atoms with Crippen LogP contribution in [-0.4, -0.2) is 33.6 Å². The smallest absolute Gasteiger partial charge is 0.267 e. The summed E-state index contributed by atoms with van der Waals surface area (Å²) >= 11 is 0. The number of aromatic nitrogens is 5. The lowest BCUT2D eigenvalue weighted by Gasteiger charge is -2.08. The normalized spacial score (nSPS) is 11.3. The number of sulfonamides is 1. The molecule has 0 aromatic carbocycles. The van der Waals surface area contributed by atoms with Gasteiger partial charge < -0.3 is 5.73 Å². The molecule has 0 amide bonds. The molecule has 10 heteroatoms. The van der Waals surface area contributed by atoms with Gasteiger partial charge in [0.15, 0.2) is 0 Å². The van der Waals surface area contributed by atoms with Crippen LogP contribution in [-0.2, 0) is 22.9 Å². The van der Waals surface area contributed by atoms with Gasteiger partial charge in [0, 0.05) is 0 Å². The lowest BCUT2D eigenvalue weighted by atomic mass is 10.2. The maximum absolute atomic E-state index is 12.1. The molecule has 0 spiro atoms. The Bertz CT molecular complexity index is 731. The summed E-state index contributed by atoms with van der Waals surface area (Å²) in [5.41, 5.74) is 6.77.